The van der Waals surface area contributed by atoms with Gasteiger partial charge in [0.25, 0.3) is 11.5 Å². The lowest BCUT2D eigenvalue weighted by Crippen LogP contribution is -2.36. The van der Waals surface area contributed by atoms with Crippen LogP contribution in [0.25, 0.3) is 39.5 Å². The van der Waals surface area contributed by atoms with E-state index in [2.05, 4.69) is 48.1 Å². The molecule has 5 aromatic rings. The molecular weight excluding hydrogens is 1240 g/mol. The van der Waals surface area contributed by atoms with Gasteiger partial charge in [0.05, 0.1) is 37.5 Å². The smallest absolute Gasteiger partial charge is 0.465 e. The molecule has 3 aromatic heterocycles. The predicted octanol–water partition coefficient (Wildman–Crippen LogP) is 6.46. The molecule has 1 aliphatic carbocycles. The highest BCUT2D eigenvalue weighted by molar-refractivity contribution is 7.60. The maximum atomic E-state index is 13.6. The summed E-state index contributed by atoms with van der Waals surface area (Å²) in [6, 6.07) is 16.6. The molecule has 27 nitrogen and oxygen atoms in total. The van der Waals surface area contributed by atoms with Crippen LogP contribution in [0.1, 0.15) is 82.4 Å². The normalized spacial score (nSPS) is 14.8. The first-order valence-corrected chi connectivity index (χ1v) is 31.8. The minimum absolute atomic E-state index is 0.0233. The van der Waals surface area contributed by atoms with Crippen LogP contribution >= 0.6 is 25.4 Å². The van der Waals surface area contributed by atoms with Crippen LogP contribution in [0.5, 0.6) is 0 Å². The predicted molar refractivity (Wildman–Crippen MR) is 343 cm³/mol. The van der Waals surface area contributed by atoms with Crippen molar-refractivity contribution < 1.29 is 73.9 Å². The van der Waals surface area contributed by atoms with Crippen LogP contribution in [0.3, 0.4) is 0 Å². The number of aromatic amines is 1. The maximum Gasteiger partial charge on any atom is 0.475 e. The van der Waals surface area contributed by atoms with Gasteiger partial charge in [0.15, 0.2) is 0 Å². The molecule has 4 amide bonds. The third-order valence-corrected chi connectivity index (χ3v) is 17.6. The Morgan fingerprint density at radius 3 is 2.30 bits per heavy atom. The molecule has 30 heteroatoms. The van der Waals surface area contributed by atoms with E-state index in [1.165, 1.54) is 45.3 Å². The van der Waals surface area contributed by atoms with E-state index in [9.17, 15) is 38.7 Å². The summed E-state index contributed by atoms with van der Waals surface area (Å²) >= 11 is 0. The first-order valence-electron chi connectivity index (χ1n) is 28.5. The van der Waals surface area contributed by atoms with E-state index in [1.54, 1.807) is 40.7 Å². The second-order valence-electron chi connectivity index (χ2n) is 20.7. The minimum Gasteiger partial charge on any atom is -0.465 e. The van der Waals surface area contributed by atoms with Gasteiger partial charge in [-0.25, -0.2) is 27.2 Å². The van der Waals surface area contributed by atoms with Crippen molar-refractivity contribution in [3.63, 3.8) is 0 Å². The van der Waals surface area contributed by atoms with Gasteiger partial charge in [-0.1, -0.05) is 36.6 Å². The highest BCUT2D eigenvalue weighted by Gasteiger charge is 2.33. The zero-order valence-electron chi connectivity index (χ0n) is 52.4. The van der Waals surface area contributed by atoms with Crippen molar-refractivity contribution in [2.75, 3.05) is 87.7 Å². The van der Waals surface area contributed by atoms with Gasteiger partial charge in [0.1, 0.15) is 43.8 Å². The fraction of sp³-hybridized carbons (Fsp3) is 0.377. The van der Waals surface area contributed by atoms with Gasteiger partial charge in [0, 0.05) is 139 Å². The van der Waals surface area contributed by atoms with Crippen LogP contribution in [0.2, 0.25) is 0 Å². The molecule has 0 spiro atoms. The molecule has 0 radical (unpaired) electrons. The quantitative estimate of drug-likeness (QED) is 0.00568. The highest BCUT2D eigenvalue weighted by atomic mass is 31.3. The number of benzene rings is 3. The molecule has 2 aromatic carbocycles. The summed E-state index contributed by atoms with van der Waals surface area (Å²) < 4.78 is 55.8. The Morgan fingerprint density at radius 1 is 0.923 bits per heavy atom. The maximum absolute atomic E-state index is 13.6. The number of methoxy groups -OCH3 is 1. The number of aliphatic hydroxyl groups excluding tert-OH is 1. The van der Waals surface area contributed by atoms with Gasteiger partial charge < -0.3 is 62.9 Å². The summed E-state index contributed by atoms with van der Waals surface area (Å²) in [5.74, 6) is 3.86. The van der Waals surface area contributed by atoms with E-state index in [0.29, 0.717) is 23.5 Å². The van der Waals surface area contributed by atoms with Gasteiger partial charge in [-0.05, 0) is 73.9 Å². The van der Waals surface area contributed by atoms with Gasteiger partial charge in [-0.2, -0.15) is 4.31 Å². The van der Waals surface area contributed by atoms with E-state index in [4.69, 9.17) is 36.1 Å². The summed E-state index contributed by atoms with van der Waals surface area (Å²) in [7, 11) is 9.23. The van der Waals surface area contributed by atoms with Crippen molar-refractivity contribution in [3.8, 4) is 34.3 Å². The number of H-pyrrole nitrogens is 1. The van der Waals surface area contributed by atoms with Gasteiger partial charge in [0.2, 0.25) is 23.1 Å². The van der Waals surface area contributed by atoms with Gasteiger partial charge >= 0.3 is 37.1 Å². The Hall–Kier alpha value is -8.24. The number of fused-ring (bicyclic) bond motifs is 2. The van der Waals surface area contributed by atoms with Crippen molar-refractivity contribution in [2.24, 2.45) is 0 Å². The highest BCUT2D eigenvalue weighted by Crippen LogP contribution is 2.57. The van der Waals surface area contributed by atoms with Crippen LogP contribution in [0, 0.1) is 18.8 Å². The molecule has 1 fully saturated rings. The summed E-state index contributed by atoms with van der Waals surface area (Å²) in [6.07, 6.45) is 6.20. The molecule has 1 saturated heterocycles. The van der Waals surface area contributed by atoms with Gasteiger partial charge in [-0.3, -0.25) is 33.5 Å². The molecule has 4 atom stereocenters. The second kappa shape index (κ2) is 33.2. The van der Waals surface area contributed by atoms with E-state index in [0.717, 1.165) is 44.4 Å². The molecule has 3 aliphatic rings. The van der Waals surface area contributed by atoms with Crippen LogP contribution < -0.4 is 46.3 Å². The van der Waals surface area contributed by atoms with Crippen LogP contribution in [0.4, 0.5) is 5.69 Å². The number of carbonyl (C=O) groups is 5. The summed E-state index contributed by atoms with van der Waals surface area (Å²) in [5.41, 5.74) is 4.95. The lowest BCUT2D eigenvalue weighted by molar-refractivity contribution is -0.134. The van der Waals surface area contributed by atoms with E-state index in [1.807, 2.05) is 100 Å². The van der Waals surface area contributed by atoms with Crippen LogP contribution in [-0.4, -0.2) is 149 Å². The molecule has 5 N–H and O–H groups in total. The fourth-order valence-electron chi connectivity index (χ4n) is 9.45. The number of amides is 4. The SMILES string of the molecule is C=C/C=C\c1c(C)c(CN(CC)C(=O)CCC(=O)NCC#Cc2cn(C3CC(O)C(C)O3)c(=O)[nH]c2=O)cn1CC(=O)NCCNC(=O)c1ccc(-c2c3ccc(=[N+](C)C)cc-3oc3cc(N(C)C)ccc23)c(C(=O)OC)c1.COP(OC)OP(OC)Op1oo1. The molecule has 0 saturated carbocycles. The Labute approximate surface area is 528 Å². The largest absolute Gasteiger partial charge is 0.475 e. The average molecular weight is 1320 g/mol. The number of ether oxygens (including phenoxy) is 2. The molecule has 2 aliphatic heterocycles. The molecule has 0 bridgehead atoms. The Kier molecular flexibility index (Phi) is 25.6. The van der Waals surface area contributed by atoms with E-state index >= 15 is 0 Å². The zero-order valence-corrected chi connectivity index (χ0v) is 55.0. The summed E-state index contributed by atoms with van der Waals surface area (Å²) in [4.78, 5) is 97.3. The number of rotatable bonds is 26. The summed E-state index contributed by atoms with van der Waals surface area (Å²) in [6.45, 7) is 9.73. The number of hydrogen-bond donors (Lipinski definition) is 5. The second-order valence-corrected chi connectivity index (χ2v) is 24.7. The van der Waals surface area contributed by atoms with E-state index < -0.39 is 72.9 Å². The fourth-order valence-corrected chi connectivity index (χ4v) is 12.3. The van der Waals surface area contributed by atoms with Crippen LogP contribution in [-0.2, 0) is 54.8 Å². The lowest BCUT2D eigenvalue weighted by Gasteiger charge is -2.21. The standard InChI is InChI=1S/C58H65N9O11.C3H9O7P3/c1-10-12-15-46-35(3)39(31-65(11-2)52(71)23-22-50(69)59-24-13-14-38-33-67(58(75)62-56(38)73)53-30-47(68)36(4)77-53)32-66(46)34-51(70)60-25-26-61-55(72)37-16-19-42(45(27-37)57(74)76-9)54-43-20-17-40(63(5)6)28-48(43)78-49-29-41(64(7)8)18-21-44(49)54;1-4-11(5-2)9-12(6-3)10-13-7-8-13/h10,12,15-21,27-29,32-33,36,47,53,68H,1,11,22-26,30-31,34H2,2-9H3,(H3-,59,60,61,62,69,70,72,73,75);1-3H3/p+1/b15-12-;. The number of nitrogens with one attached hydrogen (secondary N) is 4. The van der Waals surface area contributed by atoms with Crippen LogP contribution in [0.15, 0.2) is 108 Å². The first kappa shape index (κ1) is 70.2. The van der Waals surface area contributed by atoms with Crippen molar-refractivity contribution in [2.45, 2.75) is 71.6 Å². The Bertz CT molecular complexity index is 3970. The Balaban J connectivity index is 0.000000804. The molecule has 5 heterocycles. The number of aromatic nitrogens is 3. The molecule has 91 heavy (non-hydrogen) atoms. The third-order valence-electron chi connectivity index (χ3n) is 14.3. The third kappa shape index (κ3) is 18.7. The number of carbonyl (C=O) groups excluding carboxylic acids is 5. The minimum atomic E-state index is -1.53. The number of nitrogens with zero attached hydrogens (tertiary/aromatic N) is 5. The first-order chi connectivity index (χ1) is 43.6. The molecule has 486 valence electrons. The zero-order chi connectivity index (χ0) is 66.1. The van der Waals surface area contributed by atoms with Crippen molar-refractivity contribution in [1.82, 2.24) is 39.5 Å². The summed E-state index contributed by atoms with van der Waals surface area (Å²) in [5, 5.41) is 20.1. The van der Waals surface area contributed by atoms with Crippen molar-refractivity contribution >= 4 is 77.8 Å². The molecular formula is C61H75N9O18P3+. The lowest BCUT2D eigenvalue weighted by atomic mass is 9.89. The number of anilines is 1. The van der Waals surface area contributed by atoms with Gasteiger partial charge in [-0.15, -0.1) is 0 Å². The number of esters is 1. The number of hydrogen-bond acceptors (Lipinski definition) is 19. The molecule has 4 unspecified atom stereocenters. The van der Waals surface area contributed by atoms with E-state index in [-0.39, 0.29) is 80.5 Å². The monoisotopic (exact) mass is 1310 g/mol. The van der Waals surface area contributed by atoms with Crippen molar-refractivity contribution in [1.29, 1.82) is 0 Å². The van der Waals surface area contributed by atoms with Crippen molar-refractivity contribution in [3.05, 3.63) is 145 Å². The number of allylic oxidation sites excluding steroid dienone is 2. The average Bonchev–Trinajstić information content (AvgIpc) is 1.56. The number of aliphatic hydroxyl groups is 1. The molecule has 8 rings (SSSR count). The Morgan fingerprint density at radius 2 is 1.65 bits per heavy atom. The topological polar surface area (TPSA) is 315 Å².